The number of rotatable bonds is 9. The van der Waals surface area contributed by atoms with Crippen molar-refractivity contribution in [3.05, 3.63) is 53.6 Å². The number of aromatic nitrogens is 2. The van der Waals surface area contributed by atoms with Crippen LogP contribution < -0.4 is 11.1 Å². The fraction of sp³-hybridized carbons (Fsp3) is 0.524. The Kier molecular flexibility index (Phi) is 10.4. The van der Waals surface area contributed by atoms with Crippen molar-refractivity contribution in [2.24, 2.45) is 16.6 Å². The van der Waals surface area contributed by atoms with Crippen molar-refractivity contribution in [3.63, 3.8) is 0 Å². The van der Waals surface area contributed by atoms with Crippen molar-refractivity contribution in [1.29, 1.82) is 0 Å². The molecule has 0 saturated heterocycles. The number of hydrogen-bond donors (Lipinski definition) is 2. The zero-order valence-electron chi connectivity index (χ0n) is 17.0. The molecule has 0 aliphatic carbocycles. The van der Waals surface area contributed by atoms with E-state index in [0.29, 0.717) is 18.5 Å². The summed E-state index contributed by atoms with van der Waals surface area (Å²) in [6.07, 6.45) is 7.43. The maximum atomic E-state index is 6.05. The van der Waals surface area contributed by atoms with Gasteiger partial charge in [-0.05, 0) is 37.3 Å². The summed E-state index contributed by atoms with van der Waals surface area (Å²) >= 11 is 0. The molecule has 5 nitrogen and oxygen atoms in total. The number of imidazole rings is 1. The molecule has 0 aliphatic heterocycles. The number of hydrogen-bond acceptors (Lipinski definition) is 2. The Hall–Kier alpha value is -1.57. The van der Waals surface area contributed by atoms with Crippen LogP contribution in [-0.4, -0.2) is 21.6 Å². The number of guanidine groups is 1. The SMILES string of the molecule is Cc1nccn1Cc1cccc(CN=C(N)NC(C)CCCC(C)C)c1.I. The van der Waals surface area contributed by atoms with Gasteiger partial charge in [0, 0.05) is 25.0 Å². The lowest BCUT2D eigenvalue weighted by molar-refractivity contribution is 0.493. The second-order valence-corrected chi connectivity index (χ2v) is 7.49. The molecule has 1 heterocycles. The number of nitrogens with one attached hydrogen (secondary N) is 1. The molecule has 0 saturated carbocycles. The Morgan fingerprint density at radius 2 is 1.96 bits per heavy atom. The van der Waals surface area contributed by atoms with Crippen LogP contribution in [0.1, 0.15) is 57.0 Å². The van der Waals surface area contributed by atoms with Gasteiger partial charge in [-0.15, -0.1) is 24.0 Å². The minimum absolute atomic E-state index is 0. The summed E-state index contributed by atoms with van der Waals surface area (Å²) in [6.45, 7) is 10.1. The zero-order chi connectivity index (χ0) is 18.9. The molecule has 0 fully saturated rings. The average Bonchev–Trinajstić information content (AvgIpc) is 2.98. The summed E-state index contributed by atoms with van der Waals surface area (Å²) in [5, 5.41) is 3.30. The van der Waals surface area contributed by atoms with Gasteiger partial charge in [0.2, 0.25) is 0 Å². The third-order valence-corrected chi connectivity index (χ3v) is 4.51. The molecule has 2 aromatic rings. The molecule has 2 rings (SSSR count). The van der Waals surface area contributed by atoms with Gasteiger partial charge in [0.1, 0.15) is 5.82 Å². The molecule has 0 amide bonds. The number of benzene rings is 1. The lowest BCUT2D eigenvalue weighted by atomic mass is 10.0. The number of aliphatic imine (C=N–C) groups is 1. The fourth-order valence-electron chi connectivity index (χ4n) is 2.97. The van der Waals surface area contributed by atoms with Crippen molar-refractivity contribution in [2.75, 3.05) is 0 Å². The van der Waals surface area contributed by atoms with E-state index in [1.807, 2.05) is 19.3 Å². The van der Waals surface area contributed by atoms with Gasteiger partial charge < -0.3 is 15.6 Å². The molecule has 0 bridgehead atoms. The van der Waals surface area contributed by atoms with Gasteiger partial charge in [-0.25, -0.2) is 9.98 Å². The van der Waals surface area contributed by atoms with Crippen LogP contribution in [0.4, 0.5) is 0 Å². The summed E-state index contributed by atoms with van der Waals surface area (Å²) in [7, 11) is 0. The van der Waals surface area contributed by atoms with Crippen LogP contribution in [0.3, 0.4) is 0 Å². The maximum Gasteiger partial charge on any atom is 0.189 e. The van der Waals surface area contributed by atoms with Gasteiger partial charge in [-0.3, -0.25) is 0 Å². The molecular weight excluding hydrogens is 449 g/mol. The lowest BCUT2D eigenvalue weighted by Crippen LogP contribution is -2.38. The van der Waals surface area contributed by atoms with Crippen LogP contribution >= 0.6 is 24.0 Å². The van der Waals surface area contributed by atoms with Gasteiger partial charge in [0.15, 0.2) is 5.96 Å². The van der Waals surface area contributed by atoms with Crippen LogP contribution in [0.5, 0.6) is 0 Å². The Balaban J connectivity index is 0.00000364. The third-order valence-electron chi connectivity index (χ3n) is 4.51. The van der Waals surface area contributed by atoms with E-state index in [-0.39, 0.29) is 24.0 Å². The van der Waals surface area contributed by atoms with Gasteiger partial charge >= 0.3 is 0 Å². The van der Waals surface area contributed by atoms with E-state index in [1.165, 1.54) is 18.4 Å². The average molecular weight is 483 g/mol. The molecule has 1 unspecified atom stereocenters. The molecule has 6 heteroatoms. The summed E-state index contributed by atoms with van der Waals surface area (Å²) < 4.78 is 2.14. The van der Waals surface area contributed by atoms with E-state index in [9.17, 15) is 0 Å². The van der Waals surface area contributed by atoms with Gasteiger partial charge in [0.05, 0.1) is 6.54 Å². The topological polar surface area (TPSA) is 68.2 Å². The highest BCUT2D eigenvalue weighted by Crippen LogP contribution is 2.10. The van der Waals surface area contributed by atoms with Crippen molar-refractivity contribution in [1.82, 2.24) is 14.9 Å². The van der Waals surface area contributed by atoms with Crippen LogP contribution in [0.15, 0.2) is 41.7 Å². The van der Waals surface area contributed by atoms with E-state index in [1.54, 1.807) is 0 Å². The van der Waals surface area contributed by atoms with Crippen LogP contribution in [0.2, 0.25) is 0 Å². The molecule has 0 radical (unpaired) electrons. The van der Waals surface area contributed by atoms with E-state index in [4.69, 9.17) is 5.73 Å². The molecule has 0 spiro atoms. The molecular formula is C21H34IN5. The summed E-state index contributed by atoms with van der Waals surface area (Å²) in [5.74, 6) is 2.30. The van der Waals surface area contributed by atoms with Crippen molar-refractivity contribution in [2.45, 2.75) is 66.1 Å². The Morgan fingerprint density at radius 1 is 1.22 bits per heavy atom. The van der Waals surface area contributed by atoms with Crippen molar-refractivity contribution < 1.29 is 0 Å². The van der Waals surface area contributed by atoms with E-state index >= 15 is 0 Å². The molecule has 150 valence electrons. The number of aryl methyl sites for hydroxylation is 1. The highest BCUT2D eigenvalue weighted by molar-refractivity contribution is 14.0. The Labute approximate surface area is 180 Å². The fourth-order valence-corrected chi connectivity index (χ4v) is 2.97. The monoisotopic (exact) mass is 483 g/mol. The first-order chi connectivity index (χ1) is 12.4. The largest absolute Gasteiger partial charge is 0.370 e. The minimum Gasteiger partial charge on any atom is -0.370 e. The third kappa shape index (κ3) is 8.77. The van der Waals surface area contributed by atoms with Crippen molar-refractivity contribution >= 4 is 29.9 Å². The zero-order valence-corrected chi connectivity index (χ0v) is 19.3. The molecule has 1 atom stereocenters. The quantitative estimate of drug-likeness (QED) is 0.314. The standard InChI is InChI=1S/C21H33N5.HI/c1-16(2)7-5-8-17(3)25-21(22)24-14-19-9-6-10-20(13-19)15-26-12-11-23-18(26)4;/h6,9-13,16-17H,5,7-8,14-15H2,1-4H3,(H3,22,24,25);1H. The molecule has 1 aromatic carbocycles. The second kappa shape index (κ2) is 12.0. The van der Waals surface area contributed by atoms with E-state index < -0.39 is 0 Å². The highest BCUT2D eigenvalue weighted by Gasteiger charge is 2.04. The molecule has 27 heavy (non-hydrogen) atoms. The predicted molar refractivity (Wildman–Crippen MR) is 125 cm³/mol. The minimum atomic E-state index is 0. The smallest absolute Gasteiger partial charge is 0.189 e. The summed E-state index contributed by atoms with van der Waals surface area (Å²) in [5.41, 5.74) is 8.46. The van der Waals surface area contributed by atoms with E-state index in [0.717, 1.165) is 30.3 Å². The normalized spacial score (nSPS) is 12.7. The first kappa shape index (κ1) is 23.5. The number of nitrogens with zero attached hydrogens (tertiary/aromatic N) is 3. The van der Waals surface area contributed by atoms with Gasteiger partial charge in [-0.1, -0.05) is 51.0 Å². The predicted octanol–water partition coefficient (Wildman–Crippen LogP) is 4.48. The van der Waals surface area contributed by atoms with Crippen LogP contribution in [-0.2, 0) is 13.1 Å². The lowest BCUT2D eigenvalue weighted by Gasteiger charge is -2.15. The van der Waals surface area contributed by atoms with Gasteiger partial charge in [-0.2, -0.15) is 0 Å². The molecule has 1 aromatic heterocycles. The van der Waals surface area contributed by atoms with Crippen LogP contribution in [0.25, 0.3) is 0 Å². The van der Waals surface area contributed by atoms with Crippen LogP contribution in [0, 0.1) is 12.8 Å². The first-order valence-electron chi connectivity index (χ1n) is 9.56. The Morgan fingerprint density at radius 3 is 2.63 bits per heavy atom. The van der Waals surface area contributed by atoms with Crippen molar-refractivity contribution in [3.8, 4) is 0 Å². The first-order valence-corrected chi connectivity index (χ1v) is 9.56. The highest BCUT2D eigenvalue weighted by atomic mass is 127. The summed E-state index contributed by atoms with van der Waals surface area (Å²) in [6, 6.07) is 8.83. The van der Waals surface area contributed by atoms with E-state index in [2.05, 4.69) is 64.9 Å². The number of nitrogens with two attached hydrogens (primary N) is 1. The number of halogens is 1. The second-order valence-electron chi connectivity index (χ2n) is 7.49. The van der Waals surface area contributed by atoms with Gasteiger partial charge in [0.25, 0.3) is 0 Å². The molecule has 0 aliphatic rings. The molecule has 3 N–H and O–H groups in total. The Bertz CT molecular complexity index is 708. The summed E-state index contributed by atoms with van der Waals surface area (Å²) in [4.78, 5) is 8.77. The maximum absolute atomic E-state index is 6.05.